The summed E-state index contributed by atoms with van der Waals surface area (Å²) >= 11 is 0. The van der Waals surface area contributed by atoms with Crippen molar-refractivity contribution in [2.45, 2.75) is 58.2 Å². The van der Waals surface area contributed by atoms with Gasteiger partial charge in [-0.1, -0.05) is 25.9 Å². The fourth-order valence-corrected chi connectivity index (χ4v) is 1.55. The average molecular weight is 242 g/mol. The van der Waals surface area contributed by atoms with Gasteiger partial charge in [0.2, 0.25) is 11.7 Å². The zero-order chi connectivity index (χ0) is 13.1. The normalized spacial score (nSPS) is 18.7. The molecule has 17 heavy (non-hydrogen) atoms. The van der Waals surface area contributed by atoms with Gasteiger partial charge in [-0.3, -0.25) is 0 Å². The van der Waals surface area contributed by atoms with Gasteiger partial charge < -0.3 is 14.4 Å². The van der Waals surface area contributed by atoms with Crippen molar-refractivity contribution in [1.29, 1.82) is 0 Å². The summed E-state index contributed by atoms with van der Waals surface area (Å²) in [5, 5.41) is 13.7. The smallest absolute Gasteiger partial charge is 0.232 e. The quantitative estimate of drug-likeness (QED) is 0.828. The Morgan fingerprint density at radius 2 is 2.12 bits per heavy atom. The third kappa shape index (κ3) is 2.84. The number of rotatable bonds is 6. The van der Waals surface area contributed by atoms with Crippen molar-refractivity contribution in [2.24, 2.45) is 0 Å². The first-order chi connectivity index (χ1) is 7.98. The Labute approximate surface area is 102 Å². The number of aliphatic hydroxyl groups is 1. The van der Waals surface area contributed by atoms with E-state index in [-0.39, 0.29) is 5.92 Å². The summed E-state index contributed by atoms with van der Waals surface area (Å²) < 4.78 is 10.6. The SMILES string of the molecule is CCC(O)C(C)c1nc(C(C)(CC)OC)no1. The molecule has 5 nitrogen and oxygen atoms in total. The molecule has 0 aliphatic rings. The Morgan fingerprint density at radius 3 is 2.59 bits per heavy atom. The van der Waals surface area contributed by atoms with Crippen LogP contribution in [0.2, 0.25) is 0 Å². The molecular formula is C12H22N2O3. The molecule has 98 valence electrons. The number of hydrogen-bond donors (Lipinski definition) is 1. The van der Waals surface area contributed by atoms with Crippen molar-refractivity contribution in [3.63, 3.8) is 0 Å². The molecule has 1 N–H and O–H groups in total. The number of hydrogen-bond acceptors (Lipinski definition) is 5. The molecule has 0 saturated heterocycles. The van der Waals surface area contributed by atoms with E-state index < -0.39 is 11.7 Å². The van der Waals surface area contributed by atoms with Gasteiger partial charge in [-0.15, -0.1) is 0 Å². The predicted octanol–water partition coefficient (Wildman–Crippen LogP) is 2.22. The molecule has 0 aliphatic heterocycles. The second-order valence-electron chi connectivity index (χ2n) is 4.51. The highest BCUT2D eigenvalue weighted by Gasteiger charge is 2.31. The lowest BCUT2D eigenvalue weighted by Gasteiger charge is -2.22. The Bertz CT molecular complexity index is 347. The van der Waals surface area contributed by atoms with Crippen LogP contribution in [0.5, 0.6) is 0 Å². The molecule has 0 bridgehead atoms. The van der Waals surface area contributed by atoms with E-state index in [4.69, 9.17) is 9.26 Å². The Hall–Kier alpha value is -0.940. The third-order valence-electron chi connectivity index (χ3n) is 3.42. The minimum absolute atomic E-state index is 0.154. The van der Waals surface area contributed by atoms with Crippen molar-refractivity contribution in [2.75, 3.05) is 7.11 Å². The van der Waals surface area contributed by atoms with Gasteiger partial charge in [0.25, 0.3) is 0 Å². The van der Waals surface area contributed by atoms with Crippen LogP contribution in [0.4, 0.5) is 0 Å². The average Bonchev–Trinajstić information content (AvgIpc) is 2.85. The summed E-state index contributed by atoms with van der Waals surface area (Å²) in [6.07, 6.45) is 0.959. The van der Waals surface area contributed by atoms with Gasteiger partial charge in [-0.05, 0) is 19.8 Å². The monoisotopic (exact) mass is 242 g/mol. The lowest BCUT2D eigenvalue weighted by molar-refractivity contribution is -0.0106. The minimum atomic E-state index is -0.529. The third-order valence-corrected chi connectivity index (χ3v) is 3.42. The van der Waals surface area contributed by atoms with Gasteiger partial charge in [0.15, 0.2) is 0 Å². The maximum Gasteiger partial charge on any atom is 0.232 e. The number of nitrogens with zero attached hydrogens (tertiary/aromatic N) is 2. The number of aliphatic hydroxyl groups excluding tert-OH is 1. The lowest BCUT2D eigenvalue weighted by atomic mass is 10.0. The molecule has 3 unspecified atom stereocenters. The summed E-state index contributed by atoms with van der Waals surface area (Å²) in [5.41, 5.74) is -0.529. The van der Waals surface area contributed by atoms with Gasteiger partial charge in [-0.25, -0.2) is 0 Å². The second kappa shape index (κ2) is 5.60. The van der Waals surface area contributed by atoms with Gasteiger partial charge in [0.1, 0.15) is 5.60 Å². The zero-order valence-corrected chi connectivity index (χ0v) is 11.2. The fraction of sp³-hybridized carbons (Fsp3) is 0.833. The van der Waals surface area contributed by atoms with E-state index in [0.29, 0.717) is 18.1 Å². The number of aromatic nitrogens is 2. The lowest BCUT2D eigenvalue weighted by Crippen LogP contribution is -2.25. The van der Waals surface area contributed by atoms with E-state index >= 15 is 0 Å². The van der Waals surface area contributed by atoms with Crippen LogP contribution in [0.15, 0.2) is 4.52 Å². The van der Waals surface area contributed by atoms with Crippen LogP contribution in [-0.4, -0.2) is 28.5 Å². The summed E-state index contributed by atoms with van der Waals surface area (Å²) in [6, 6.07) is 0. The first kappa shape index (κ1) is 14.1. The van der Waals surface area contributed by atoms with Crippen LogP contribution in [0, 0.1) is 0 Å². The van der Waals surface area contributed by atoms with Gasteiger partial charge >= 0.3 is 0 Å². The molecule has 0 aromatic carbocycles. The van der Waals surface area contributed by atoms with E-state index in [0.717, 1.165) is 6.42 Å². The van der Waals surface area contributed by atoms with Crippen molar-refractivity contribution in [3.8, 4) is 0 Å². The number of methoxy groups -OCH3 is 1. The molecule has 0 aliphatic carbocycles. The van der Waals surface area contributed by atoms with Gasteiger partial charge in [0.05, 0.1) is 12.0 Å². The summed E-state index contributed by atoms with van der Waals surface area (Å²) in [7, 11) is 1.63. The van der Waals surface area contributed by atoms with Gasteiger partial charge in [-0.2, -0.15) is 4.98 Å². The fourth-order valence-electron chi connectivity index (χ4n) is 1.55. The van der Waals surface area contributed by atoms with E-state index in [1.54, 1.807) is 7.11 Å². The predicted molar refractivity (Wildman–Crippen MR) is 63.7 cm³/mol. The molecule has 0 saturated carbocycles. The molecule has 3 atom stereocenters. The Kier molecular flexibility index (Phi) is 4.65. The highest BCUT2D eigenvalue weighted by molar-refractivity contribution is 5.02. The highest BCUT2D eigenvalue weighted by atomic mass is 16.5. The van der Waals surface area contributed by atoms with Crippen LogP contribution in [0.3, 0.4) is 0 Å². The maximum absolute atomic E-state index is 9.75. The van der Waals surface area contributed by atoms with Crippen LogP contribution in [-0.2, 0) is 10.3 Å². The summed E-state index contributed by atoms with van der Waals surface area (Å²) in [4.78, 5) is 4.33. The topological polar surface area (TPSA) is 68.4 Å². The zero-order valence-electron chi connectivity index (χ0n) is 11.2. The first-order valence-corrected chi connectivity index (χ1v) is 6.05. The van der Waals surface area contributed by atoms with E-state index in [1.165, 1.54) is 0 Å². The largest absolute Gasteiger partial charge is 0.392 e. The van der Waals surface area contributed by atoms with Crippen LogP contribution >= 0.6 is 0 Å². The minimum Gasteiger partial charge on any atom is -0.392 e. The summed E-state index contributed by atoms with van der Waals surface area (Å²) in [6.45, 7) is 7.72. The van der Waals surface area contributed by atoms with E-state index in [9.17, 15) is 5.11 Å². The molecule has 0 radical (unpaired) electrons. The Balaban J connectivity index is 2.91. The molecule has 0 fully saturated rings. The molecule has 1 rings (SSSR count). The van der Waals surface area contributed by atoms with E-state index in [1.807, 2.05) is 27.7 Å². The van der Waals surface area contributed by atoms with Crippen molar-refractivity contribution >= 4 is 0 Å². The highest BCUT2D eigenvalue weighted by Crippen LogP contribution is 2.28. The van der Waals surface area contributed by atoms with Crippen LogP contribution in [0.1, 0.15) is 58.2 Å². The summed E-state index contributed by atoms with van der Waals surface area (Å²) in [5.74, 6) is 0.845. The van der Waals surface area contributed by atoms with Crippen molar-refractivity contribution in [3.05, 3.63) is 11.7 Å². The molecule has 1 aromatic rings. The van der Waals surface area contributed by atoms with Crippen molar-refractivity contribution in [1.82, 2.24) is 10.1 Å². The standard InChI is InChI=1S/C12H22N2O3/c1-6-9(15)8(3)10-13-11(14-17-10)12(4,7-2)16-5/h8-9,15H,6-7H2,1-5H3. The Morgan fingerprint density at radius 1 is 1.47 bits per heavy atom. The molecule has 5 heteroatoms. The van der Waals surface area contributed by atoms with Crippen LogP contribution < -0.4 is 0 Å². The molecule has 1 aromatic heterocycles. The molecule has 0 amide bonds. The maximum atomic E-state index is 9.75. The van der Waals surface area contributed by atoms with Gasteiger partial charge in [0, 0.05) is 7.11 Å². The van der Waals surface area contributed by atoms with E-state index in [2.05, 4.69) is 10.1 Å². The molecule has 1 heterocycles. The molecule has 0 spiro atoms. The van der Waals surface area contributed by atoms with Crippen LogP contribution in [0.25, 0.3) is 0 Å². The first-order valence-electron chi connectivity index (χ1n) is 6.05. The van der Waals surface area contributed by atoms with Crippen molar-refractivity contribution < 1.29 is 14.4 Å². The molecular weight excluding hydrogens is 220 g/mol. The number of ether oxygens (including phenoxy) is 1. The second-order valence-corrected chi connectivity index (χ2v) is 4.51.